The van der Waals surface area contributed by atoms with E-state index in [1.165, 1.54) is 44.7 Å². The Bertz CT molecular complexity index is 1440. The van der Waals surface area contributed by atoms with Gasteiger partial charge in [-0.25, -0.2) is 4.79 Å². The van der Waals surface area contributed by atoms with Gasteiger partial charge in [0.2, 0.25) is 17.7 Å². The first kappa shape index (κ1) is 31.6. The molecule has 13 nitrogen and oxygen atoms in total. The summed E-state index contributed by atoms with van der Waals surface area (Å²) in [5.41, 5.74) is 0.850. The van der Waals surface area contributed by atoms with Crippen molar-refractivity contribution in [3.63, 3.8) is 0 Å². The van der Waals surface area contributed by atoms with Crippen LogP contribution in [0.25, 0.3) is 0 Å². The van der Waals surface area contributed by atoms with Gasteiger partial charge < -0.3 is 14.7 Å². The Labute approximate surface area is 254 Å². The molecule has 2 aliphatic heterocycles. The number of aliphatic carboxylic acids is 1. The monoisotopic (exact) mass is 628 g/mol. The highest BCUT2D eigenvalue weighted by Crippen LogP contribution is 2.32. The van der Waals surface area contributed by atoms with E-state index in [0.29, 0.717) is 11.5 Å². The molecule has 1 unspecified atom stereocenters. The molecule has 3 N–H and O–H groups in total. The Morgan fingerprint density at radius 3 is 2.47 bits per heavy atom. The molecule has 1 fully saturated rings. The highest BCUT2D eigenvalue weighted by Gasteiger charge is 2.45. The molecule has 1 atom stereocenters. The van der Waals surface area contributed by atoms with E-state index in [-0.39, 0.29) is 55.1 Å². The smallest absolute Gasteiger partial charge is 0.411 e. The minimum absolute atomic E-state index is 0.00865. The number of fused-ring (bicyclic) bond motifs is 1. The number of nitrogens with zero attached hydrogens (tertiary/aromatic N) is 2. The predicted molar refractivity (Wildman–Crippen MR) is 157 cm³/mol. The zero-order valence-corrected chi connectivity index (χ0v) is 24.4. The van der Waals surface area contributed by atoms with Crippen LogP contribution >= 0.6 is 21.6 Å². The van der Waals surface area contributed by atoms with E-state index in [4.69, 9.17) is 9.84 Å². The van der Waals surface area contributed by atoms with E-state index in [0.717, 1.165) is 10.5 Å². The second kappa shape index (κ2) is 14.7. The summed E-state index contributed by atoms with van der Waals surface area (Å²) in [5.74, 6) is -3.21. The molecule has 0 saturated carbocycles. The quantitative estimate of drug-likeness (QED) is 0.169. The van der Waals surface area contributed by atoms with Gasteiger partial charge in [0.25, 0.3) is 11.8 Å². The van der Waals surface area contributed by atoms with Crippen molar-refractivity contribution < 1.29 is 43.4 Å². The maximum atomic E-state index is 13.1. The molecule has 43 heavy (non-hydrogen) atoms. The molecule has 2 aliphatic rings. The number of anilines is 1. The van der Waals surface area contributed by atoms with Gasteiger partial charge in [-0.1, -0.05) is 58.0 Å². The number of imide groups is 2. The van der Waals surface area contributed by atoms with Gasteiger partial charge in [0, 0.05) is 30.9 Å². The standard InChI is InChI=1S/C28H28N4O9S2/c33-21-10-9-20(25(37)30-21)32-26(38)18-7-4-8-19(24(18)27(32)39)29-28(40)41-12-14-43-42-13-11-22(34)31(16-23(35)36)15-17-5-2-1-3-6-17/h1-8,20H,9-16H2,(H,29,40)(H,35,36)(H,30,33,37). The van der Waals surface area contributed by atoms with Crippen molar-refractivity contribution in [2.45, 2.75) is 31.8 Å². The van der Waals surface area contributed by atoms with Crippen molar-refractivity contribution in [3.05, 3.63) is 65.2 Å². The second-order valence-electron chi connectivity index (χ2n) is 9.46. The van der Waals surface area contributed by atoms with Gasteiger partial charge in [0.05, 0.1) is 16.8 Å². The summed E-state index contributed by atoms with van der Waals surface area (Å²) in [5, 5.41) is 13.8. The fourth-order valence-corrected chi connectivity index (χ4v) is 6.34. The van der Waals surface area contributed by atoms with Gasteiger partial charge in [-0.05, 0) is 24.1 Å². The van der Waals surface area contributed by atoms with Crippen molar-refractivity contribution in [2.75, 3.05) is 30.0 Å². The van der Waals surface area contributed by atoms with Crippen LogP contribution in [-0.4, -0.2) is 87.2 Å². The molecule has 2 heterocycles. The molecule has 0 spiro atoms. The summed E-state index contributed by atoms with van der Waals surface area (Å²) in [6.45, 7) is -0.180. The van der Waals surface area contributed by atoms with Crippen LogP contribution in [0.1, 0.15) is 45.5 Å². The Morgan fingerprint density at radius 2 is 1.74 bits per heavy atom. The lowest BCUT2D eigenvalue weighted by molar-refractivity contribution is -0.144. The number of hydrogen-bond acceptors (Lipinski definition) is 10. The van der Waals surface area contributed by atoms with Gasteiger partial charge in [0.15, 0.2) is 0 Å². The molecular weight excluding hydrogens is 600 g/mol. The number of piperidine rings is 1. The van der Waals surface area contributed by atoms with Crippen molar-refractivity contribution in [1.29, 1.82) is 0 Å². The summed E-state index contributed by atoms with van der Waals surface area (Å²) in [7, 11) is 2.75. The molecule has 1 saturated heterocycles. The highest BCUT2D eigenvalue weighted by atomic mass is 33.1. The number of ether oxygens (including phenoxy) is 1. The Morgan fingerprint density at radius 1 is 1.00 bits per heavy atom. The van der Waals surface area contributed by atoms with Crippen LogP contribution < -0.4 is 10.6 Å². The van der Waals surface area contributed by atoms with Crippen molar-refractivity contribution in [2.24, 2.45) is 0 Å². The van der Waals surface area contributed by atoms with E-state index in [9.17, 15) is 33.6 Å². The number of amides is 6. The number of carbonyl (C=O) groups is 7. The minimum Gasteiger partial charge on any atom is -0.480 e. The normalized spacial score (nSPS) is 16.0. The summed E-state index contributed by atoms with van der Waals surface area (Å²) in [4.78, 5) is 88.1. The van der Waals surface area contributed by atoms with E-state index >= 15 is 0 Å². The lowest BCUT2D eigenvalue weighted by Crippen LogP contribution is -2.54. The molecule has 15 heteroatoms. The fraction of sp³-hybridized carbons (Fsp3) is 0.321. The minimum atomic E-state index is -1.13. The van der Waals surface area contributed by atoms with E-state index in [2.05, 4.69) is 10.6 Å². The molecule has 6 amide bonds. The van der Waals surface area contributed by atoms with Gasteiger partial charge >= 0.3 is 12.1 Å². The zero-order chi connectivity index (χ0) is 30.9. The summed E-state index contributed by atoms with van der Waals surface area (Å²) in [6.07, 6.45) is -0.704. The lowest BCUT2D eigenvalue weighted by atomic mass is 10.0. The zero-order valence-electron chi connectivity index (χ0n) is 22.8. The average Bonchev–Trinajstić information content (AvgIpc) is 3.22. The number of nitrogens with one attached hydrogen (secondary N) is 2. The first-order valence-corrected chi connectivity index (χ1v) is 15.7. The second-order valence-corrected chi connectivity index (χ2v) is 12.2. The Balaban J connectivity index is 1.20. The number of carbonyl (C=O) groups excluding carboxylic acids is 6. The molecule has 0 aliphatic carbocycles. The molecule has 2 aromatic carbocycles. The fourth-order valence-electron chi connectivity index (χ4n) is 4.54. The van der Waals surface area contributed by atoms with Crippen LogP contribution in [-0.2, 0) is 30.5 Å². The third kappa shape index (κ3) is 8.14. The molecule has 0 aromatic heterocycles. The van der Waals surface area contributed by atoms with Crippen LogP contribution in [0.3, 0.4) is 0 Å². The Hall–Kier alpha value is -4.37. The largest absolute Gasteiger partial charge is 0.480 e. The molecule has 0 bridgehead atoms. The first-order chi connectivity index (χ1) is 20.7. The van der Waals surface area contributed by atoms with Gasteiger partial charge in [0.1, 0.15) is 19.2 Å². The molecule has 2 aromatic rings. The molecule has 0 radical (unpaired) electrons. The molecule has 4 rings (SSSR count). The average molecular weight is 629 g/mol. The highest BCUT2D eigenvalue weighted by molar-refractivity contribution is 8.76. The topological polar surface area (TPSA) is 179 Å². The van der Waals surface area contributed by atoms with Crippen molar-refractivity contribution >= 4 is 68.9 Å². The van der Waals surface area contributed by atoms with Gasteiger partial charge in [-0.15, -0.1) is 0 Å². The van der Waals surface area contributed by atoms with Gasteiger partial charge in [-0.3, -0.25) is 44.3 Å². The van der Waals surface area contributed by atoms with E-state index in [1.807, 2.05) is 30.3 Å². The number of benzene rings is 2. The maximum Gasteiger partial charge on any atom is 0.411 e. The number of carboxylic acids is 1. The van der Waals surface area contributed by atoms with Crippen LogP contribution in [0.4, 0.5) is 10.5 Å². The number of carboxylic acid groups (broad SMARTS) is 1. The summed E-state index contributed by atoms with van der Waals surface area (Å²) >= 11 is 0. The number of rotatable bonds is 13. The van der Waals surface area contributed by atoms with E-state index < -0.39 is 48.3 Å². The lowest BCUT2D eigenvalue weighted by Gasteiger charge is -2.27. The van der Waals surface area contributed by atoms with Crippen LogP contribution in [0.5, 0.6) is 0 Å². The predicted octanol–water partition coefficient (Wildman–Crippen LogP) is 2.52. The summed E-state index contributed by atoms with van der Waals surface area (Å²) in [6, 6.07) is 12.3. The van der Waals surface area contributed by atoms with Crippen LogP contribution in [0, 0.1) is 0 Å². The maximum absolute atomic E-state index is 13.1. The molecule has 226 valence electrons. The third-order valence-electron chi connectivity index (χ3n) is 6.48. The van der Waals surface area contributed by atoms with E-state index in [1.54, 1.807) is 0 Å². The Kier molecular flexibility index (Phi) is 10.8. The molecular formula is C28H28N4O9S2. The first-order valence-electron chi connectivity index (χ1n) is 13.2. The summed E-state index contributed by atoms with van der Waals surface area (Å²) < 4.78 is 5.18. The van der Waals surface area contributed by atoms with Crippen molar-refractivity contribution in [3.8, 4) is 0 Å². The van der Waals surface area contributed by atoms with Crippen LogP contribution in [0.15, 0.2) is 48.5 Å². The van der Waals surface area contributed by atoms with Crippen molar-refractivity contribution in [1.82, 2.24) is 15.1 Å². The van der Waals surface area contributed by atoms with Gasteiger partial charge in [-0.2, -0.15) is 0 Å². The SMILES string of the molecule is O=C(O)CN(Cc1ccccc1)C(=O)CCSSCCOC(=O)Nc1cccc2c1C(=O)N(C1CCC(=O)NC1=O)C2=O. The van der Waals surface area contributed by atoms with Crippen LogP contribution in [0.2, 0.25) is 0 Å². The number of hydrogen-bond donors (Lipinski definition) is 3. The third-order valence-corrected chi connectivity index (χ3v) is 8.85.